The molecule has 0 aromatic heterocycles. The highest BCUT2D eigenvalue weighted by Crippen LogP contribution is 2.12. The summed E-state index contributed by atoms with van der Waals surface area (Å²) in [6.07, 6.45) is 6.94. The highest BCUT2D eigenvalue weighted by Gasteiger charge is 2.12. The Kier molecular flexibility index (Phi) is 7.09. The predicted molar refractivity (Wildman–Crippen MR) is 56.6 cm³/mol. The van der Waals surface area contributed by atoms with Gasteiger partial charge in [-0.3, -0.25) is 0 Å². The minimum absolute atomic E-state index is 0.0138. The molecule has 0 bridgehead atoms. The second-order valence-corrected chi connectivity index (χ2v) is 6.45. The normalized spacial score (nSPS) is 21.2. The molecule has 1 aliphatic heterocycles. The fourth-order valence-corrected chi connectivity index (χ4v) is 2.27. The van der Waals surface area contributed by atoms with E-state index in [1.165, 1.54) is 11.0 Å². The number of hydrogen-bond acceptors (Lipinski definition) is 2. The maximum absolute atomic E-state index is 5.36. The average molecular weight is 257 g/mol. The molecular weight excluding hydrogens is 244 g/mol. The van der Waals surface area contributed by atoms with Crippen molar-refractivity contribution in [3.63, 3.8) is 0 Å². The highest BCUT2D eigenvalue weighted by molar-refractivity contribution is 9.23. The zero-order chi connectivity index (χ0) is 9.36. The molecule has 0 aliphatic carbocycles. The molecule has 0 spiro atoms. The van der Waals surface area contributed by atoms with Crippen LogP contribution in [0.25, 0.3) is 0 Å². The van der Waals surface area contributed by atoms with E-state index >= 15 is 0 Å². The maximum atomic E-state index is 5.36. The van der Waals surface area contributed by atoms with Crippen molar-refractivity contribution in [2.24, 2.45) is 0 Å². The first-order valence-corrected chi connectivity index (χ1v) is 9.64. The molecule has 1 saturated heterocycles. The van der Waals surface area contributed by atoms with E-state index in [-0.39, 0.29) is 24.5 Å². The van der Waals surface area contributed by atoms with Crippen LogP contribution in [0, 0.1) is 12.0 Å². The summed E-state index contributed by atoms with van der Waals surface area (Å²) in [5, 5.41) is 0. The number of hydrogen-bond donors (Lipinski definition) is 0. The van der Waals surface area contributed by atoms with E-state index in [1.807, 2.05) is 0 Å². The van der Waals surface area contributed by atoms with Gasteiger partial charge in [0.05, 0.1) is 6.61 Å². The summed E-state index contributed by atoms with van der Waals surface area (Å²) in [6.45, 7) is 0.820. The molecule has 0 N–H and O–H groups in total. The van der Waals surface area contributed by atoms with E-state index in [0.29, 0.717) is 0 Å². The van der Waals surface area contributed by atoms with E-state index in [2.05, 4.69) is 24.9 Å². The van der Waals surface area contributed by atoms with Gasteiger partial charge >= 0.3 is 18.2 Å². The van der Waals surface area contributed by atoms with Crippen LogP contribution >= 0.6 is 12.9 Å². The summed E-state index contributed by atoms with van der Waals surface area (Å²) in [4.78, 5) is 0. The molecule has 0 aromatic carbocycles. The van der Waals surface area contributed by atoms with Crippen molar-refractivity contribution in [2.45, 2.75) is 36.5 Å². The Morgan fingerprint density at radius 3 is 3.15 bits per heavy atom. The van der Waals surface area contributed by atoms with Crippen LogP contribution in [-0.2, 0) is 9.47 Å². The third-order valence-electron chi connectivity index (χ3n) is 1.84. The summed E-state index contributed by atoms with van der Waals surface area (Å²) in [6, 6.07) is 0. The van der Waals surface area contributed by atoms with Gasteiger partial charge in [0.25, 0.3) is 0 Å². The fraction of sp³-hybridized carbons (Fsp3) is 0.778. The third-order valence-corrected chi connectivity index (χ3v) is 4.14. The monoisotopic (exact) mass is 256 g/mol. The van der Waals surface area contributed by atoms with Gasteiger partial charge in [-0.05, 0) is 19.3 Å². The molecular formula is C9H13BrMgO2. The summed E-state index contributed by atoms with van der Waals surface area (Å²) in [5.41, 5.74) is 0. The molecule has 0 amide bonds. The van der Waals surface area contributed by atoms with Crippen molar-refractivity contribution in [2.75, 3.05) is 6.61 Å². The minimum atomic E-state index is -0.0672. The highest BCUT2D eigenvalue weighted by atomic mass is 79.9. The van der Waals surface area contributed by atoms with Crippen LogP contribution in [0.3, 0.4) is 0 Å². The first-order valence-electron chi connectivity index (χ1n) is 4.74. The topological polar surface area (TPSA) is 18.5 Å². The first-order chi connectivity index (χ1) is 6.43. The van der Waals surface area contributed by atoms with Crippen LogP contribution in [0.15, 0.2) is 0 Å². The molecule has 1 unspecified atom stereocenters. The van der Waals surface area contributed by atoms with Crippen molar-refractivity contribution < 1.29 is 9.47 Å². The van der Waals surface area contributed by atoms with Gasteiger partial charge in [-0.15, -0.1) is 4.55 Å². The molecule has 0 radical (unpaired) electrons. The Morgan fingerprint density at radius 2 is 2.46 bits per heavy atom. The van der Waals surface area contributed by atoms with Crippen molar-refractivity contribution in [1.29, 1.82) is 0 Å². The SMILES string of the molecule is [Br][Mg][CH2]CC#COC1CCCCO1. The Balaban J connectivity index is 2.04. The van der Waals surface area contributed by atoms with Gasteiger partial charge in [-0.25, -0.2) is 0 Å². The van der Waals surface area contributed by atoms with Gasteiger partial charge in [-0.1, -0.05) is 5.92 Å². The Labute approximate surface area is 95.3 Å². The first kappa shape index (κ1) is 11.6. The van der Waals surface area contributed by atoms with Gasteiger partial charge in [0, 0.05) is 6.42 Å². The summed E-state index contributed by atoms with van der Waals surface area (Å²) < 4.78 is 11.8. The largest absolute Gasteiger partial charge is 0.469 e. The van der Waals surface area contributed by atoms with Crippen molar-refractivity contribution in [3.05, 3.63) is 0 Å². The quantitative estimate of drug-likeness (QED) is 0.439. The van der Waals surface area contributed by atoms with Crippen molar-refractivity contribution in [1.82, 2.24) is 0 Å². The Hall–Kier alpha value is 0.566. The van der Waals surface area contributed by atoms with Crippen molar-refractivity contribution >= 4 is 31.1 Å². The van der Waals surface area contributed by atoms with E-state index in [9.17, 15) is 0 Å². The van der Waals surface area contributed by atoms with Gasteiger partial charge in [0.2, 0.25) is 6.29 Å². The van der Waals surface area contributed by atoms with Crippen LogP contribution < -0.4 is 0 Å². The van der Waals surface area contributed by atoms with Crippen LogP contribution in [0.5, 0.6) is 0 Å². The molecule has 13 heavy (non-hydrogen) atoms. The van der Waals surface area contributed by atoms with E-state index in [0.717, 1.165) is 25.9 Å². The lowest BCUT2D eigenvalue weighted by Gasteiger charge is -2.19. The molecule has 0 saturated carbocycles. The van der Waals surface area contributed by atoms with Gasteiger partial charge in [0.1, 0.15) is 6.11 Å². The van der Waals surface area contributed by atoms with E-state index in [4.69, 9.17) is 9.47 Å². The second-order valence-electron chi connectivity index (χ2n) is 2.99. The zero-order valence-corrected chi connectivity index (χ0v) is 10.7. The summed E-state index contributed by atoms with van der Waals surface area (Å²) >= 11 is 3.47. The molecule has 1 heterocycles. The molecule has 1 fully saturated rings. The molecule has 1 aliphatic rings. The van der Waals surface area contributed by atoms with Gasteiger partial charge in [-0.2, -0.15) is 0 Å². The second kappa shape index (κ2) is 7.92. The average Bonchev–Trinajstić information content (AvgIpc) is 2.19. The van der Waals surface area contributed by atoms with Crippen molar-refractivity contribution in [3.8, 4) is 12.0 Å². The number of ether oxygens (including phenoxy) is 2. The number of rotatable bonds is 3. The Bertz CT molecular complexity index is 182. The molecule has 2 nitrogen and oxygen atoms in total. The standard InChI is InChI=1S/C9H13O2.BrH.Mg/c1-2-3-7-10-9-6-4-5-8-11-9;;/h9H,1-2,4-6,8H2;1H;/q;;+1/p-1. The van der Waals surface area contributed by atoms with Crippen LogP contribution in [-0.4, -0.2) is 31.1 Å². The molecule has 70 valence electrons. The minimum Gasteiger partial charge on any atom is -0.414 e. The lowest BCUT2D eigenvalue weighted by molar-refractivity contribution is -0.121. The molecule has 1 rings (SSSR count). The molecule has 0 aromatic rings. The smallest absolute Gasteiger partial charge is 0.414 e. The van der Waals surface area contributed by atoms with E-state index < -0.39 is 0 Å². The fourth-order valence-electron chi connectivity index (χ4n) is 1.12. The van der Waals surface area contributed by atoms with Gasteiger partial charge < -0.3 is 22.4 Å². The zero-order valence-electron chi connectivity index (χ0n) is 7.72. The third kappa shape index (κ3) is 5.79. The maximum Gasteiger partial charge on any atom is 0.469 e. The van der Waals surface area contributed by atoms with E-state index in [1.54, 1.807) is 0 Å². The molecule has 1 atom stereocenters. The van der Waals surface area contributed by atoms with Crippen LogP contribution in [0.2, 0.25) is 4.55 Å². The lowest BCUT2D eigenvalue weighted by atomic mass is 10.2. The Morgan fingerprint density at radius 1 is 1.54 bits per heavy atom. The van der Waals surface area contributed by atoms with Crippen LogP contribution in [0.1, 0.15) is 25.7 Å². The summed E-state index contributed by atoms with van der Waals surface area (Å²) in [7, 11) is 0. The summed E-state index contributed by atoms with van der Waals surface area (Å²) in [5.74, 6) is 2.99. The molecule has 4 heteroatoms. The van der Waals surface area contributed by atoms with Crippen LogP contribution in [0.4, 0.5) is 0 Å². The predicted octanol–water partition coefficient (Wildman–Crippen LogP) is 2.31. The number of halogens is 1. The van der Waals surface area contributed by atoms with Gasteiger partial charge in [0.15, 0.2) is 0 Å². The lowest BCUT2D eigenvalue weighted by Crippen LogP contribution is -2.20.